The summed E-state index contributed by atoms with van der Waals surface area (Å²) in [5.41, 5.74) is 0. The lowest BCUT2D eigenvalue weighted by molar-refractivity contribution is -0.132. The van der Waals surface area contributed by atoms with Gasteiger partial charge in [-0.2, -0.15) is 0 Å². The average molecular weight is 184 g/mol. The molecule has 13 heavy (non-hydrogen) atoms. The maximum absolute atomic E-state index is 11.8. The van der Waals surface area contributed by atoms with Crippen molar-refractivity contribution in [3.63, 3.8) is 0 Å². The van der Waals surface area contributed by atoms with E-state index >= 15 is 0 Å². The largest absolute Gasteiger partial charge is 0.340 e. The van der Waals surface area contributed by atoms with Gasteiger partial charge in [-0.25, -0.2) is 0 Å². The van der Waals surface area contributed by atoms with Crippen LogP contribution in [-0.4, -0.2) is 36.5 Å². The molecule has 2 atom stereocenters. The van der Waals surface area contributed by atoms with E-state index < -0.39 is 0 Å². The predicted octanol–water partition coefficient (Wildman–Crippen LogP) is 0.851. The molecule has 0 aromatic heterocycles. The fourth-order valence-corrected chi connectivity index (χ4v) is 1.90. The van der Waals surface area contributed by atoms with Crippen LogP contribution in [0.15, 0.2) is 0 Å². The van der Waals surface area contributed by atoms with E-state index in [0.717, 1.165) is 13.0 Å². The average Bonchev–Trinajstić information content (AvgIpc) is 2.46. The Balaban J connectivity index is 2.60. The highest BCUT2D eigenvalue weighted by molar-refractivity contribution is 5.81. The fourth-order valence-electron chi connectivity index (χ4n) is 1.90. The second kappa shape index (κ2) is 4.09. The van der Waals surface area contributed by atoms with Gasteiger partial charge in [0.25, 0.3) is 0 Å². The first-order valence-corrected chi connectivity index (χ1v) is 5.05. The molecular formula is C10H20N2O. The van der Waals surface area contributed by atoms with Crippen molar-refractivity contribution >= 4 is 5.91 Å². The smallest absolute Gasteiger partial charge is 0.227 e. The molecule has 0 spiro atoms. The molecule has 0 aromatic carbocycles. The molecule has 3 nitrogen and oxygen atoms in total. The standard InChI is InChI=1S/C10H20N2O/c1-7(2)12-6-5-9(10(12)13)8(3)11-4/h7-9,11H,5-6H2,1-4H3. The minimum Gasteiger partial charge on any atom is -0.340 e. The van der Waals surface area contributed by atoms with Gasteiger partial charge < -0.3 is 10.2 Å². The van der Waals surface area contributed by atoms with Gasteiger partial charge >= 0.3 is 0 Å². The van der Waals surface area contributed by atoms with Crippen LogP contribution >= 0.6 is 0 Å². The number of hydrogen-bond acceptors (Lipinski definition) is 2. The molecule has 0 saturated carbocycles. The molecule has 0 bridgehead atoms. The van der Waals surface area contributed by atoms with Crippen molar-refractivity contribution < 1.29 is 4.79 Å². The number of nitrogens with zero attached hydrogens (tertiary/aromatic N) is 1. The van der Waals surface area contributed by atoms with Crippen LogP contribution in [-0.2, 0) is 4.79 Å². The van der Waals surface area contributed by atoms with Gasteiger partial charge in [0, 0.05) is 18.6 Å². The number of rotatable bonds is 3. The lowest BCUT2D eigenvalue weighted by Gasteiger charge is -2.22. The van der Waals surface area contributed by atoms with Crippen molar-refractivity contribution in [3.8, 4) is 0 Å². The zero-order chi connectivity index (χ0) is 10.0. The van der Waals surface area contributed by atoms with E-state index in [9.17, 15) is 4.79 Å². The molecule has 2 unspecified atom stereocenters. The van der Waals surface area contributed by atoms with Crippen LogP contribution in [0.2, 0.25) is 0 Å². The molecule has 1 fully saturated rings. The first kappa shape index (κ1) is 10.5. The zero-order valence-corrected chi connectivity index (χ0v) is 9.00. The van der Waals surface area contributed by atoms with Crippen molar-refractivity contribution in [1.29, 1.82) is 0 Å². The Morgan fingerprint density at radius 1 is 1.46 bits per heavy atom. The molecule has 0 aromatic rings. The third-order valence-electron chi connectivity index (χ3n) is 2.96. The number of carbonyl (C=O) groups is 1. The molecule has 1 aliphatic rings. The van der Waals surface area contributed by atoms with Gasteiger partial charge in [0.1, 0.15) is 0 Å². The van der Waals surface area contributed by atoms with E-state index in [0.29, 0.717) is 18.0 Å². The second-order valence-corrected chi connectivity index (χ2v) is 4.10. The third-order valence-corrected chi connectivity index (χ3v) is 2.96. The first-order valence-electron chi connectivity index (χ1n) is 5.05. The Labute approximate surface area is 80.5 Å². The van der Waals surface area contributed by atoms with Crippen LogP contribution in [0.1, 0.15) is 27.2 Å². The van der Waals surface area contributed by atoms with Gasteiger partial charge in [-0.1, -0.05) is 0 Å². The molecule has 0 aliphatic carbocycles. The predicted molar refractivity (Wildman–Crippen MR) is 53.5 cm³/mol. The number of carbonyl (C=O) groups excluding carboxylic acids is 1. The molecule has 1 amide bonds. The summed E-state index contributed by atoms with van der Waals surface area (Å²) in [6, 6.07) is 0.651. The van der Waals surface area contributed by atoms with Crippen molar-refractivity contribution in [2.24, 2.45) is 5.92 Å². The fraction of sp³-hybridized carbons (Fsp3) is 0.900. The maximum Gasteiger partial charge on any atom is 0.227 e. The minimum absolute atomic E-state index is 0.187. The van der Waals surface area contributed by atoms with E-state index in [1.165, 1.54) is 0 Å². The van der Waals surface area contributed by atoms with Crippen molar-refractivity contribution in [2.45, 2.75) is 39.3 Å². The van der Waals surface area contributed by atoms with Gasteiger partial charge in [-0.05, 0) is 34.2 Å². The summed E-state index contributed by atoms with van der Waals surface area (Å²) in [6.07, 6.45) is 0.999. The van der Waals surface area contributed by atoms with E-state index in [4.69, 9.17) is 0 Å². The van der Waals surface area contributed by atoms with E-state index in [1.54, 1.807) is 0 Å². The Hall–Kier alpha value is -0.570. The summed E-state index contributed by atoms with van der Waals surface area (Å²) in [4.78, 5) is 13.8. The van der Waals surface area contributed by atoms with Crippen LogP contribution < -0.4 is 5.32 Å². The van der Waals surface area contributed by atoms with Crippen LogP contribution in [0, 0.1) is 5.92 Å². The van der Waals surface area contributed by atoms with Gasteiger partial charge in [-0.3, -0.25) is 4.79 Å². The topological polar surface area (TPSA) is 32.3 Å². The number of hydrogen-bond donors (Lipinski definition) is 1. The lowest BCUT2D eigenvalue weighted by Crippen LogP contribution is -2.39. The Bertz CT molecular complexity index is 191. The van der Waals surface area contributed by atoms with Crippen molar-refractivity contribution in [1.82, 2.24) is 10.2 Å². The normalized spacial score (nSPS) is 25.8. The summed E-state index contributed by atoms with van der Waals surface area (Å²) in [5.74, 6) is 0.504. The van der Waals surface area contributed by atoms with Gasteiger partial charge in [-0.15, -0.1) is 0 Å². The number of nitrogens with one attached hydrogen (secondary N) is 1. The molecule has 1 heterocycles. The molecule has 1 N–H and O–H groups in total. The third kappa shape index (κ3) is 2.02. The van der Waals surface area contributed by atoms with Gasteiger partial charge in [0.2, 0.25) is 5.91 Å². The Morgan fingerprint density at radius 3 is 2.46 bits per heavy atom. The lowest BCUT2D eigenvalue weighted by atomic mass is 10.0. The van der Waals surface area contributed by atoms with Crippen LogP contribution in [0.5, 0.6) is 0 Å². The molecule has 0 radical (unpaired) electrons. The molecule has 3 heteroatoms. The monoisotopic (exact) mass is 184 g/mol. The highest BCUT2D eigenvalue weighted by atomic mass is 16.2. The SMILES string of the molecule is CNC(C)C1CCN(C(C)C)C1=O. The van der Waals surface area contributed by atoms with Gasteiger partial charge in [0.15, 0.2) is 0 Å². The van der Waals surface area contributed by atoms with Gasteiger partial charge in [0.05, 0.1) is 5.92 Å². The molecular weight excluding hydrogens is 164 g/mol. The molecule has 1 aliphatic heterocycles. The van der Waals surface area contributed by atoms with E-state index in [1.807, 2.05) is 11.9 Å². The maximum atomic E-state index is 11.8. The van der Waals surface area contributed by atoms with E-state index in [-0.39, 0.29) is 5.92 Å². The first-order chi connectivity index (χ1) is 6.07. The summed E-state index contributed by atoms with van der Waals surface area (Å²) < 4.78 is 0. The van der Waals surface area contributed by atoms with Crippen molar-refractivity contribution in [2.75, 3.05) is 13.6 Å². The van der Waals surface area contributed by atoms with Crippen molar-refractivity contribution in [3.05, 3.63) is 0 Å². The summed E-state index contributed by atoms with van der Waals surface area (Å²) in [5, 5.41) is 3.15. The molecule has 76 valence electrons. The second-order valence-electron chi connectivity index (χ2n) is 4.10. The minimum atomic E-state index is 0.187. The molecule has 1 saturated heterocycles. The number of amides is 1. The Morgan fingerprint density at radius 2 is 2.08 bits per heavy atom. The van der Waals surface area contributed by atoms with Crippen LogP contribution in [0.3, 0.4) is 0 Å². The Kier molecular flexibility index (Phi) is 3.31. The quantitative estimate of drug-likeness (QED) is 0.705. The van der Waals surface area contributed by atoms with Crippen LogP contribution in [0.25, 0.3) is 0 Å². The number of likely N-dealkylation sites (tertiary alicyclic amines) is 1. The zero-order valence-electron chi connectivity index (χ0n) is 9.00. The van der Waals surface area contributed by atoms with Crippen LogP contribution in [0.4, 0.5) is 0 Å². The summed E-state index contributed by atoms with van der Waals surface area (Å²) in [6.45, 7) is 7.15. The summed E-state index contributed by atoms with van der Waals surface area (Å²) in [7, 11) is 1.91. The van der Waals surface area contributed by atoms with E-state index in [2.05, 4.69) is 26.1 Å². The summed E-state index contributed by atoms with van der Waals surface area (Å²) >= 11 is 0. The highest BCUT2D eigenvalue weighted by Crippen LogP contribution is 2.22. The highest BCUT2D eigenvalue weighted by Gasteiger charge is 2.35. The molecule has 1 rings (SSSR count).